The maximum atomic E-state index is 14.6. The lowest BCUT2D eigenvalue weighted by molar-refractivity contribution is -0.874. The quantitative estimate of drug-likeness (QED) is 0.289. The summed E-state index contributed by atoms with van der Waals surface area (Å²) in [5.74, 6) is -0.548. The summed E-state index contributed by atoms with van der Waals surface area (Å²) in [7, 11) is 8.12. The molecule has 3 aromatic rings. The highest BCUT2D eigenvalue weighted by Gasteiger charge is 2.49. The van der Waals surface area contributed by atoms with Gasteiger partial charge in [-0.2, -0.15) is 0 Å². The molecule has 3 N–H and O–H groups in total. The molecule has 2 fully saturated rings. The SMILES string of the molecule is CN[C@H](Cc1ccccc1)C(=O)N[C@@H]1C(=O)N2[C@@H](CC[C@@H]1C[N+](C)(C)C)CC[C@H]2C(=O)NC(c1ccccc1)c1ccccc1. The Morgan fingerprint density at radius 3 is 1.93 bits per heavy atom. The van der Waals surface area contributed by atoms with E-state index in [1.54, 1.807) is 7.05 Å². The largest absolute Gasteiger partial charge is 0.343 e. The molecular formula is C37H48N5O3+. The highest BCUT2D eigenvalue weighted by atomic mass is 16.2. The number of carbonyl (C=O) groups excluding carboxylic acids is 3. The number of quaternary nitrogens is 1. The van der Waals surface area contributed by atoms with Crippen molar-refractivity contribution in [3.05, 3.63) is 108 Å². The first-order chi connectivity index (χ1) is 21.6. The fraction of sp³-hybridized carbons (Fsp3) is 0.432. The van der Waals surface area contributed by atoms with E-state index < -0.39 is 18.1 Å². The highest BCUT2D eigenvalue weighted by Crippen LogP contribution is 2.35. The third-order valence-corrected chi connectivity index (χ3v) is 9.25. The number of fused-ring (bicyclic) bond motifs is 1. The molecule has 3 amide bonds. The molecule has 0 radical (unpaired) electrons. The van der Waals surface area contributed by atoms with E-state index in [2.05, 4.69) is 37.1 Å². The van der Waals surface area contributed by atoms with Gasteiger partial charge in [0.2, 0.25) is 17.7 Å². The smallest absolute Gasteiger partial charge is 0.246 e. The monoisotopic (exact) mass is 610 g/mol. The van der Waals surface area contributed by atoms with E-state index in [4.69, 9.17) is 0 Å². The van der Waals surface area contributed by atoms with E-state index in [1.807, 2.05) is 95.9 Å². The van der Waals surface area contributed by atoms with Gasteiger partial charge in [-0.15, -0.1) is 0 Å². The number of benzene rings is 3. The zero-order valence-electron chi connectivity index (χ0n) is 27.0. The van der Waals surface area contributed by atoms with Crippen LogP contribution in [0.2, 0.25) is 0 Å². The van der Waals surface area contributed by atoms with Crippen LogP contribution in [0, 0.1) is 5.92 Å². The molecule has 238 valence electrons. The molecule has 2 saturated heterocycles. The molecule has 0 aromatic heterocycles. The average Bonchev–Trinajstić information content (AvgIpc) is 3.43. The maximum Gasteiger partial charge on any atom is 0.246 e. The van der Waals surface area contributed by atoms with Crippen LogP contribution in [0.5, 0.6) is 0 Å². The Morgan fingerprint density at radius 2 is 1.38 bits per heavy atom. The summed E-state index contributed by atoms with van der Waals surface area (Å²) in [5.41, 5.74) is 3.02. The molecule has 0 aliphatic carbocycles. The van der Waals surface area contributed by atoms with Gasteiger partial charge in [0.1, 0.15) is 12.1 Å². The number of carbonyl (C=O) groups is 3. The van der Waals surface area contributed by atoms with Crippen molar-refractivity contribution < 1.29 is 18.9 Å². The van der Waals surface area contributed by atoms with E-state index in [1.165, 1.54) is 0 Å². The molecule has 45 heavy (non-hydrogen) atoms. The summed E-state index contributed by atoms with van der Waals surface area (Å²) >= 11 is 0. The van der Waals surface area contributed by atoms with Gasteiger partial charge in [-0.05, 0) is 55.8 Å². The molecule has 5 rings (SSSR count). The fourth-order valence-corrected chi connectivity index (χ4v) is 7.09. The summed E-state index contributed by atoms with van der Waals surface area (Å²) < 4.78 is 0.675. The molecule has 0 spiro atoms. The minimum Gasteiger partial charge on any atom is -0.343 e. The van der Waals surface area contributed by atoms with Crippen LogP contribution in [0.25, 0.3) is 0 Å². The standard InChI is InChI=1S/C37H47N5O3/c1-38-31(24-26-14-8-5-9-15-26)35(43)40-34-29(25-42(2,3)4)20-21-30-22-23-32(41(30)37(34)45)36(44)39-33(27-16-10-6-11-17-27)28-18-12-7-13-19-28/h5-19,29-34,38H,20-25H2,1-4H3,(H-,39,40,43,44)/p+1/t29-,30+,31-,32+,34+/m1/s1. The molecule has 3 aromatic carbocycles. The molecule has 0 unspecified atom stereocenters. The lowest BCUT2D eigenvalue weighted by Crippen LogP contribution is -2.60. The van der Waals surface area contributed by atoms with Gasteiger partial charge >= 0.3 is 0 Å². The second-order valence-electron chi connectivity index (χ2n) is 13.6. The van der Waals surface area contributed by atoms with Crippen molar-refractivity contribution in [3.63, 3.8) is 0 Å². The van der Waals surface area contributed by atoms with Gasteiger partial charge in [0, 0.05) is 12.0 Å². The third kappa shape index (κ3) is 7.99. The van der Waals surface area contributed by atoms with Gasteiger partial charge in [0.25, 0.3) is 0 Å². The third-order valence-electron chi connectivity index (χ3n) is 9.25. The van der Waals surface area contributed by atoms with Gasteiger partial charge < -0.3 is 25.3 Å². The maximum absolute atomic E-state index is 14.6. The van der Waals surface area contributed by atoms with E-state index in [0.717, 1.165) is 42.5 Å². The lowest BCUT2D eigenvalue weighted by atomic mass is 9.91. The van der Waals surface area contributed by atoms with Crippen LogP contribution in [0.4, 0.5) is 0 Å². The number of amides is 3. The topological polar surface area (TPSA) is 90.5 Å². The summed E-state index contributed by atoms with van der Waals surface area (Å²) in [4.78, 5) is 44.2. The van der Waals surface area contributed by atoms with Crippen LogP contribution in [0.15, 0.2) is 91.0 Å². The second kappa shape index (κ2) is 14.4. The zero-order chi connectivity index (χ0) is 32.0. The van der Waals surface area contributed by atoms with Crippen molar-refractivity contribution >= 4 is 17.7 Å². The van der Waals surface area contributed by atoms with E-state index >= 15 is 0 Å². The van der Waals surface area contributed by atoms with Crippen molar-refractivity contribution in [3.8, 4) is 0 Å². The van der Waals surface area contributed by atoms with Crippen LogP contribution >= 0.6 is 0 Å². The molecule has 2 aliphatic heterocycles. The van der Waals surface area contributed by atoms with Crippen molar-refractivity contribution in [1.29, 1.82) is 0 Å². The number of hydrogen-bond acceptors (Lipinski definition) is 4. The van der Waals surface area contributed by atoms with Crippen LogP contribution < -0.4 is 16.0 Å². The summed E-state index contributed by atoms with van der Waals surface area (Å²) in [6.45, 7) is 0.737. The van der Waals surface area contributed by atoms with Gasteiger partial charge in [-0.3, -0.25) is 14.4 Å². The predicted molar refractivity (Wildman–Crippen MR) is 177 cm³/mol. The first-order valence-electron chi connectivity index (χ1n) is 16.2. The zero-order valence-corrected chi connectivity index (χ0v) is 27.0. The number of nitrogens with one attached hydrogen (secondary N) is 3. The molecular weight excluding hydrogens is 562 g/mol. The Morgan fingerprint density at radius 1 is 0.822 bits per heavy atom. The summed E-state index contributed by atoms with van der Waals surface area (Å²) in [6, 6.07) is 27.6. The van der Waals surface area contributed by atoms with Gasteiger partial charge in [0.15, 0.2) is 0 Å². The van der Waals surface area contributed by atoms with Crippen LogP contribution in [0.1, 0.15) is 48.4 Å². The first-order valence-corrected chi connectivity index (χ1v) is 16.2. The fourth-order valence-electron chi connectivity index (χ4n) is 7.09. The van der Waals surface area contributed by atoms with Gasteiger partial charge in [0.05, 0.1) is 39.8 Å². The number of nitrogens with zero attached hydrogens (tertiary/aromatic N) is 2. The second-order valence-corrected chi connectivity index (χ2v) is 13.6. The Balaban J connectivity index is 1.39. The van der Waals surface area contributed by atoms with Gasteiger partial charge in [-0.1, -0.05) is 91.0 Å². The summed E-state index contributed by atoms with van der Waals surface area (Å²) in [6.07, 6.45) is 3.51. The minimum atomic E-state index is -0.709. The number of rotatable bonds is 11. The Bertz CT molecular complexity index is 1390. The van der Waals surface area contributed by atoms with E-state index in [-0.39, 0.29) is 35.7 Å². The normalized spacial score (nSPS) is 22.4. The minimum absolute atomic E-state index is 0.0264. The lowest BCUT2D eigenvalue weighted by Gasteiger charge is -2.35. The molecule has 0 saturated carbocycles. The van der Waals surface area contributed by atoms with E-state index in [9.17, 15) is 14.4 Å². The van der Waals surface area contributed by atoms with Crippen molar-refractivity contribution in [2.75, 3.05) is 34.7 Å². The molecule has 2 aliphatic rings. The first kappa shape index (κ1) is 32.4. The Hall–Kier alpha value is -4.01. The molecule has 8 heteroatoms. The summed E-state index contributed by atoms with van der Waals surface area (Å²) in [5, 5.41) is 9.63. The average molecular weight is 611 g/mol. The van der Waals surface area contributed by atoms with Crippen LogP contribution in [-0.4, -0.2) is 86.0 Å². The number of hydrogen-bond donors (Lipinski definition) is 3. The van der Waals surface area contributed by atoms with Crippen LogP contribution in [0.3, 0.4) is 0 Å². The van der Waals surface area contributed by atoms with Crippen molar-refractivity contribution in [2.45, 2.75) is 62.3 Å². The number of likely N-dealkylation sites (N-methyl/N-ethyl adjacent to an activating group) is 1. The van der Waals surface area contributed by atoms with Crippen molar-refractivity contribution in [1.82, 2.24) is 20.9 Å². The Labute approximate surface area is 267 Å². The van der Waals surface area contributed by atoms with E-state index in [0.29, 0.717) is 17.3 Å². The Kier molecular flexibility index (Phi) is 10.4. The molecule has 2 heterocycles. The highest BCUT2D eigenvalue weighted by molar-refractivity contribution is 5.94. The molecule has 0 bridgehead atoms. The molecule has 8 nitrogen and oxygen atoms in total. The van der Waals surface area contributed by atoms with Crippen molar-refractivity contribution in [2.24, 2.45) is 5.92 Å². The van der Waals surface area contributed by atoms with Crippen LogP contribution in [-0.2, 0) is 20.8 Å². The molecule has 5 atom stereocenters. The van der Waals surface area contributed by atoms with Gasteiger partial charge in [-0.25, -0.2) is 0 Å². The predicted octanol–water partition coefficient (Wildman–Crippen LogP) is 3.68.